The van der Waals surface area contributed by atoms with Crippen molar-refractivity contribution in [2.45, 2.75) is 0 Å². The van der Waals surface area contributed by atoms with Crippen LogP contribution in [0.4, 0.5) is 0 Å². The van der Waals surface area contributed by atoms with Crippen LogP contribution in [0, 0.1) is 0 Å². The van der Waals surface area contributed by atoms with E-state index in [4.69, 9.17) is 4.74 Å². The molecule has 1 aliphatic heterocycles. The van der Waals surface area contributed by atoms with Crippen LogP contribution in [0.2, 0.25) is 0 Å². The number of carbonyl (C=O) groups excluding carboxylic acids is 3. The van der Waals surface area contributed by atoms with E-state index in [1.165, 1.54) is 11.0 Å². The highest BCUT2D eigenvalue weighted by molar-refractivity contribution is 5.94. The van der Waals surface area contributed by atoms with Gasteiger partial charge in [-0.1, -0.05) is 12.1 Å². The molecule has 1 fully saturated rings. The SMILES string of the molecule is COc1cccc(/C=C/C(=O)N(C)CC(=O)N2CCN(C=O)CC2)c1. The van der Waals surface area contributed by atoms with Crippen LogP contribution in [0.1, 0.15) is 5.56 Å². The highest BCUT2D eigenvalue weighted by atomic mass is 16.5. The van der Waals surface area contributed by atoms with Gasteiger partial charge in [0, 0.05) is 39.3 Å². The first kappa shape index (κ1) is 18.5. The van der Waals surface area contributed by atoms with Crippen molar-refractivity contribution in [2.24, 2.45) is 0 Å². The molecule has 2 rings (SSSR count). The molecule has 0 saturated carbocycles. The number of hydrogen-bond acceptors (Lipinski definition) is 4. The molecule has 1 saturated heterocycles. The standard InChI is InChI=1S/C18H23N3O4/c1-19(13-18(24)21-10-8-20(14-22)9-11-21)17(23)7-6-15-4-3-5-16(12-15)25-2/h3-7,12,14H,8-11,13H2,1-2H3/b7-6+. The van der Waals surface area contributed by atoms with Crippen molar-refractivity contribution in [1.82, 2.24) is 14.7 Å². The lowest BCUT2D eigenvalue weighted by molar-refractivity contribution is -0.139. The number of methoxy groups -OCH3 is 1. The summed E-state index contributed by atoms with van der Waals surface area (Å²) in [5.74, 6) is 0.353. The van der Waals surface area contributed by atoms with Gasteiger partial charge in [0.2, 0.25) is 18.2 Å². The first-order chi connectivity index (χ1) is 12.0. The van der Waals surface area contributed by atoms with E-state index in [0.717, 1.165) is 12.0 Å². The molecule has 1 aromatic rings. The minimum Gasteiger partial charge on any atom is -0.497 e. The van der Waals surface area contributed by atoms with Crippen molar-refractivity contribution < 1.29 is 19.1 Å². The molecular weight excluding hydrogens is 322 g/mol. The van der Waals surface area contributed by atoms with Gasteiger partial charge in [0.25, 0.3) is 0 Å². The number of benzene rings is 1. The first-order valence-electron chi connectivity index (χ1n) is 8.08. The maximum atomic E-state index is 12.3. The topological polar surface area (TPSA) is 70.2 Å². The Labute approximate surface area is 147 Å². The number of piperazine rings is 1. The van der Waals surface area contributed by atoms with Crippen molar-refractivity contribution in [3.63, 3.8) is 0 Å². The molecule has 0 aromatic heterocycles. The summed E-state index contributed by atoms with van der Waals surface area (Å²) in [6.45, 7) is 2.08. The second-order valence-corrected chi connectivity index (χ2v) is 5.83. The largest absolute Gasteiger partial charge is 0.497 e. The molecule has 1 aromatic carbocycles. The molecule has 3 amide bonds. The molecule has 25 heavy (non-hydrogen) atoms. The maximum Gasteiger partial charge on any atom is 0.246 e. The van der Waals surface area contributed by atoms with E-state index in [-0.39, 0.29) is 18.4 Å². The van der Waals surface area contributed by atoms with E-state index in [2.05, 4.69) is 0 Å². The van der Waals surface area contributed by atoms with Crippen molar-refractivity contribution in [3.8, 4) is 5.75 Å². The van der Waals surface area contributed by atoms with Crippen molar-refractivity contribution in [2.75, 3.05) is 46.9 Å². The average molecular weight is 345 g/mol. The van der Waals surface area contributed by atoms with Gasteiger partial charge in [-0.25, -0.2) is 0 Å². The van der Waals surface area contributed by atoms with Crippen molar-refractivity contribution in [1.29, 1.82) is 0 Å². The smallest absolute Gasteiger partial charge is 0.246 e. The molecule has 0 radical (unpaired) electrons. The normalized spacial score (nSPS) is 14.5. The third-order valence-electron chi connectivity index (χ3n) is 4.08. The summed E-state index contributed by atoms with van der Waals surface area (Å²) in [4.78, 5) is 39.8. The Morgan fingerprint density at radius 3 is 2.60 bits per heavy atom. The van der Waals surface area contributed by atoms with Crippen molar-refractivity contribution >= 4 is 24.3 Å². The Morgan fingerprint density at radius 2 is 1.96 bits per heavy atom. The fourth-order valence-corrected chi connectivity index (χ4v) is 2.50. The van der Waals surface area contributed by atoms with Gasteiger partial charge in [0.1, 0.15) is 5.75 Å². The second kappa shape index (κ2) is 8.86. The van der Waals surface area contributed by atoms with Gasteiger partial charge in [0.15, 0.2) is 0 Å². The lowest BCUT2D eigenvalue weighted by Crippen LogP contribution is -2.50. The molecule has 7 heteroatoms. The molecular formula is C18H23N3O4. The number of carbonyl (C=O) groups is 3. The Kier molecular flexibility index (Phi) is 6.56. The third kappa shape index (κ3) is 5.34. The summed E-state index contributed by atoms with van der Waals surface area (Å²) in [6, 6.07) is 7.36. The van der Waals surface area contributed by atoms with Gasteiger partial charge in [0.05, 0.1) is 13.7 Å². The van der Waals surface area contributed by atoms with E-state index < -0.39 is 0 Å². The molecule has 134 valence electrons. The van der Waals surface area contributed by atoms with Crippen LogP contribution in [0.3, 0.4) is 0 Å². The fourth-order valence-electron chi connectivity index (χ4n) is 2.50. The summed E-state index contributed by atoms with van der Waals surface area (Å²) < 4.78 is 5.14. The number of ether oxygens (including phenoxy) is 1. The molecule has 0 N–H and O–H groups in total. The highest BCUT2D eigenvalue weighted by Crippen LogP contribution is 2.13. The van der Waals surface area contributed by atoms with E-state index in [1.807, 2.05) is 24.3 Å². The quantitative estimate of drug-likeness (QED) is 0.555. The molecule has 1 aliphatic rings. The molecule has 1 heterocycles. The molecule has 0 spiro atoms. The Morgan fingerprint density at radius 1 is 1.24 bits per heavy atom. The number of nitrogens with zero attached hydrogens (tertiary/aromatic N) is 3. The second-order valence-electron chi connectivity index (χ2n) is 5.83. The van der Waals surface area contributed by atoms with Gasteiger partial charge >= 0.3 is 0 Å². The third-order valence-corrected chi connectivity index (χ3v) is 4.08. The number of amides is 3. The summed E-state index contributed by atoms with van der Waals surface area (Å²) >= 11 is 0. The summed E-state index contributed by atoms with van der Waals surface area (Å²) in [5, 5.41) is 0. The molecule has 7 nitrogen and oxygen atoms in total. The minimum atomic E-state index is -0.248. The van der Waals surface area contributed by atoms with Gasteiger partial charge in [-0.05, 0) is 23.8 Å². The lowest BCUT2D eigenvalue weighted by Gasteiger charge is -2.33. The zero-order valence-corrected chi connectivity index (χ0v) is 14.6. The van der Waals surface area contributed by atoms with Crippen LogP contribution in [0.5, 0.6) is 5.75 Å². The Bertz CT molecular complexity index is 651. The molecule has 0 unspecified atom stereocenters. The summed E-state index contributed by atoms with van der Waals surface area (Å²) in [5.41, 5.74) is 0.845. The van der Waals surface area contributed by atoms with E-state index >= 15 is 0 Å². The predicted octanol–water partition coefficient (Wildman–Crippen LogP) is 0.467. The zero-order valence-electron chi connectivity index (χ0n) is 14.6. The maximum absolute atomic E-state index is 12.3. The fraction of sp³-hybridized carbons (Fsp3) is 0.389. The lowest BCUT2D eigenvalue weighted by atomic mass is 10.2. The van der Waals surface area contributed by atoms with Crippen LogP contribution in [-0.2, 0) is 14.4 Å². The van der Waals surface area contributed by atoms with Crippen LogP contribution in [0.15, 0.2) is 30.3 Å². The average Bonchev–Trinajstić information content (AvgIpc) is 2.66. The monoisotopic (exact) mass is 345 g/mol. The van der Waals surface area contributed by atoms with Crippen LogP contribution in [-0.4, -0.2) is 79.8 Å². The predicted molar refractivity (Wildman–Crippen MR) is 93.9 cm³/mol. The van der Waals surface area contributed by atoms with Crippen LogP contribution >= 0.6 is 0 Å². The van der Waals surface area contributed by atoms with Crippen LogP contribution in [0.25, 0.3) is 6.08 Å². The molecule has 0 bridgehead atoms. The van der Waals surface area contributed by atoms with Gasteiger partial charge in [-0.2, -0.15) is 0 Å². The minimum absolute atomic E-state index is 0.0162. The van der Waals surface area contributed by atoms with E-state index in [0.29, 0.717) is 31.9 Å². The summed E-state index contributed by atoms with van der Waals surface area (Å²) in [7, 11) is 3.18. The van der Waals surface area contributed by atoms with E-state index in [9.17, 15) is 14.4 Å². The van der Waals surface area contributed by atoms with Gasteiger partial charge < -0.3 is 19.4 Å². The Hall–Kier alpha value is -2.83. The van der Waals surface area contributed by atoms with Crippen molar-refractivity contribution in [3.05, 3.63) is 35.9 Å². The van der Waals surface area contributed by atoms with Crippen LogP contribution < -0.4 is 4.74 Å². The highest BCUT2D eigenvalue weighted by Gasteiger charge is 2.21. The zero-order chi connectivity index (χ0) is 18.2. The summed E-state index contributed by atoms with van der Waals surface area (Å²) in [6.07, 6.45) is 3.92. The van der Waals surface area contributed by atoms with Gasteiger partial charge in [-0.3, -0.25) is 14.4 Å². The van der Waals surface area contributed by atoms with E-state index in [1.54, 1.807) is 30.0 Å². The van der Waals surface area contributed by atoms with Gasteiger partial charge in [-0.15, -0.1) is 0 Å². The number of rotatable bonds is 6. The molecule has 0 atom stereocenters. The first-order valence-corrected chi connectivity index (χ1v) is 8.08. The number of likely N-dealkylation sites (N-methyl/N-ethyl adjacent to an activating group) is 1. The number of hydrogen-bond donors (Lipinski definition) is 0. The Balaban J connectivity index is 1.86. The molecule has 0 aliphatic carbocycles.